The zero-order valence-corrected chi connectivity index (χ0v) is 28.2. The standard InChI is InChI=1S/C24H28ClF4N6O2P.C7H12FN/c1-36-23-33-15-9-17(18-13(24(27,28)29)5-6-14(30)20(18)26)37-11-12(15)22(34-23)35-8-4-7-32-16(10-35)19(25)21(31)38(2)3;8-6-4-7-2-1-3-9(7)5-6/h5-6,17,31-32H,4,7-11,30H2,1-3H3;6-7H,1-5H2/b19-16+,31-21?;. The molecule has 3 unspecified atom stereocenters. The van der Waals surface area contributed by atoms with Gasteiger partial charge in [-0.2, -0.15) is 23.1 Å². The molecular formula is C31H40ClF5N7O2P. The van der Waals surface area contributed by atoms with E-state index in [9.17, 15) is 22.0 Å². The average Bonchev–Trinajstić information content (AvgIpc) is 3.51. The summed E-state index contributed by atoms with van der Waals surface area (Å²) < 4.78 is 79.9. The number of hydrogen-bond acceptors (Lipinski definition) is 9. The predicted octanol–water partition coefficient (Wildman–Crippen LogP) is 6.20. The van der Waals surface area contributed by atoms with E-state index in [0.717, 1.165) is 31.5 Å². The van der Waals surface area contributed by atoms with Gasteiger partial charge in [0, 0.05) is 43.2 Å². The SMILES string of the molecule is COc1nc2c(c(N3CCCN/C(=C(/Cl)C(=N)P(C)C)C3)n1)COC(c1c(C(F)(F)F)ccc(N)c1F)C2.FC1CC2CCCN2C1. The van der Waals surface area contributed by atoms with Crippen LogP contribution in [-0.4, -0.2) is 85.7 Å². The Morgan fingerprint density at radius 2 is 1.98 bits per heavy atom. The number of nitrogen functional groups attached to an aromatic ring is 1. The maximum absolute atomic E-state index is 14.9. The zero-order chi connectivity index (χ0) is 34.0. The second-order valence-corrected chi connectivity index (χ2v) is 14.9. The topological polar surface area (TPSA) is 113 Å². The number of hydrogen-bond donors (Lipinski definition) is 3. The van der Waals surface area contributed by atoms with Gasteiger partial charge >= 0.3 is 12.2 Å². The Bertz CT molecular complexity index is 1500. The fourth-order valence-electron chi connectivity index (χ4n) is 6.47. The lowest BCUT2D eigenvalue weighted by Crippen LogP contribution is -2.32. The Morgan fingerprint density at radius 3 is 2.66 bits per heavy atom. The summed E-state index contributed by atoms with van der Waals surface area (Å²) >= 11 is 6.56. The zero-order valence-electron chi connectivity index (χ0n) is 26.6. The molecule has 3 fully saturated rings. The van der Waals surface area contributed by atoms with E-state index in [1.165, 1.54) is 20.0 Å². The Balaban J connectivity index is 0.000000410. The van der Waals surface area contributed by atoms with Crippen LogP contribution in [0.25, 0.3) is 0 Å². The van der Waals surface area contributed by atoms with Crippen molar-refractivity contribution in [1.29, 1.82) is 5.41 Å². The van der Waals surface area contributed by atoms with Gasteiger partial charge in [-0.05, 0) is 57.7 Å². The van der Waals surface area contributed by atoms with E-state index >= 15 is 0 Å². The van der Waals surface area contributed by atoms with E-state index < -0.39 is 49.0 Å². The molecule has 3 saturated heterocycles. The molecule has 0 radical (unpaired) electrons. The molecular weight excluding hydrogens is 664 g/mol. The van der Waals surface area contributed by atoms with E-state index in [2.05, 4.69) is 20.2 Å². The number of anilines is 2. The second-order valence-electron chi connectivity index (χ2n) is 12.3. The number of nitrogens with zero attached hydrogens (tertiary/aromatic N) is 4. The molecule has 4 N–H and O–H groups in total. The Morgan fingerprint density at radius 1 is 1.21 bits per heavy atom. The van der Waals surface area contributed by atoms with Gasteiger partial charge in [-0.25, -0.2) is 8.78 Å². The van der Waals surface area contributed by atoms with Crippen LogP contribution in [-0.2, 0) is 23.9 Å². The van der Waals surface area contributed by atoms with Gasteiger partial charge in [-0.3, -0.25) is 10.3 Å². The summed E-state index contributed by atoms with van der Waals surface area (Å²) in [5.41, 5.74) is 5.43. The van der Waals surface area contributed by atoms with Crippen LogP contribution in [0.1, 0.15) is 54.2 Å². The van der Waals surface area contributed by atoms with Crippen LogP contribution in [0.4, 0.5) is 33.5 Å². The lowest BCUT2D eigenvalue weighted by Gasteiger charge is -2.31. The van der Waals surface area contributed by atoms with Gasteiger partial charge in [0.05, 0.1) is 59.5 Å². The molecule has 1 aromatic heterocycles. The van der Waals surface area contributed by atoms with Crippen molar-refractivity contribution in [3.05, 3.63) is 51.1 Å². The third-order valence-electron chi connectivity index (χ3n) is 8.85. The number of alkyl halides is 4. The quantitative estimate of drug-likeness (QED) is 0.146. The fourth-order valence-corrected chi connectivity index (χ4v) is 7.63. The molecule has 3 atom stereocenters. The lowest BCUT2D eigenvalue weighted by molar-refractivity contribution is -0.140. The van der Waals surface area contributed by atoms with Gasteiger partial charge in [0.2, 0.25) is 0 Å². The molecule has 258 valence electrons. The van der Waals surface area contributed by atoms with Crippen molar-refractivity contribution >= 4 is 36.5 Å². The van der Waals surface area contributed by atoms with Crippen molar-refractivity contribution in [2.24, 2.45) is 0 Å². The smallest absolute Gasteiger partial charge is 0.416 e. The van der Waals surface area contributed by atoms with Crippen LogP contribution in [0.15, 0.2) is 22.9 Å². The number of aromatic nitrogens is 2. The van der Waals surface area contributed by atoms with E-state index in [-0.39, 0.29) is 19.0 Å². The number of allylic oxidation sites excluding steroid dienone is 1. The lowest BCUT2D eigenvalue weighted by atomic mass is 9.94. The molecule has 47 heavy (non-hydrogen) atoms. The Labute approximate surface area is 277 Å². The molecule has 0 aliphatic carbocycles. The highest BCUT2D eigenvalue weighted by molar-refractivity contribution is 7.74. The summed E-state index contributed by atoms with van der Waals surface area (Å²) in [5.74, 6) is -0.673. The first kappa shape index (κ1) is 35.5. The maximum Gasteiger partial charge on any atom is 0.416 e. The van der Waals surface area contributed by atoms with E-state index in [1.54, 1.807) is 0 Å². The third kappa shape index (κ3) is 7.92. The van der Waals surface area contributed by atoms with Crippen molar-refractivity contribution in [3.63, 3.8) is 0 Å². The van der Waals surface area contributed by atoms with Crippen LogP contribution >= 0.6 is 19.5 Å². The summed E-state index contributed by atoms with van der Waals surface area (Å²) in [6.45, 7) is 7.15. The molecule has 4 aliphatic rings. The third-order valence-corrected chi connectivity index (χ3v) is 10.5. The largest absolute Gasteiger partial charge is 0.467 e. The average molecular weight is 704 g/mol. The van der Waals surface area contributed by atoms with Crippen LogP contribution < -0.4 is 20.7 Å². The van der Waals surface area contributed by atoms with Crippen LogP contribution in [0.3, 0.4) is 0 Å². The number of nitrogens with one attached hydrogen (secondary N) is 2. The monoisotopic (exact) mass is 703 g/mol. The minimum absolute atomic E-state index is 0.0238. The summed E-state index contributed by atoms with van der Waals surface area (Å²) in [6.07, 6.45) is -2.65. The predicted molar refractivity (Wildman–Crippen MR) is 174 cm³/mol. The van der Waals surface area contributed by atoms with Crippen molar-refractivity contribution in [3.8, 4) is 6.01 Å². The first-order valence-corrected chi connectivity index (χ1v) is 18.1. The number of fused-ring (bicyclic) bond motifs is 2. The summed E-state index contributed by atoms with van der Waals surface area (Å²) in [7, 11) is 0.676. The number of methoxy groups -OCH3 is 1. The van der Waals surface area contributed by atoms with Gasteiger partial charge in [0.25, 0.3) is 0 Å². The Hall–Kier alpha value is -2.80. The first-order valence-electron chi connectivity index (χ1n) is 15.5. The summed E-state index contributed by atoms with van der Waals surface area (Å²) in [4.78, 5) is 13.1. The number of rotatable bonds is 5. The van der Waals surface area contributed by atoms with Crippen LogP contribution in [0.2, 0.25) is 0 Å². The van der Waals surface area contributed by atoms with Gasteiger partial charge in [-0.1, -0.05) is 19.5 Å². The molecule has 5 heterocycles. The summed E-state index contributed by atoms with van der Waals surface area (Å²) in [5, 5.41) is 12.0. The highest BCUT2D eigenvalue weighted by Gasteiger charge is 2.40. The van der Waals surface area contributed by atoms with Crippen molar-refractivity contribution in [2.45, 2.75) is 63.2 Å². The van der Waals surface area contributed by atoms with E-state index in [4.69, 9.17) is 32.2 Å². The van der Waals surface area contributed by atoms with Gasteiger partial charge in [0.15, 0.2) is 5.82 Å². The maximum atomic E-state index is 14.9. The minimum Gasteiger partial charge on any atom is -0.467 e. The minimum atomic E-state index is -4.80. The van der Waals surface area contributed by atoms with Gasteiger partial charge in [0.1, 0.15) is 12.0 Å². The van der Waals surface area contributed by atoms with Crippen molar-refractivity contribution in [1.82, 2.24) is 20.2 Å². The number of benzene rings is 1. The molecule has 0 spiro atoms. The molecule has 4 aliphatic heterocycles. The molecule has 9 nitrogen and oxygen atoms in total. The van der Waals surface area contributed by atoms with Crippen LogP contribution in [0.5, 0.6) is 6.01 Å². The first-order chi connectivity index (χ1) is 22.3. The van der Waals surface area contributed by atoms with E-state index in [0.29, 0.717) is 65.5 Å². The molecule has 6 rings (SSSR count). The normalized spacial score (nSPS) is 24.1. The highest BCUT2D eigenvalue weighted by atomic mass is 35.5. The molecule has 2 aromatic rings. The fraction of sp³-hybridized carbons (Fsp3) is 0.581. The number of nitrogens with two attached hydrogens (primary N) is 1. The van der Waals surface area contributed by atoms with E-state index in [1.807, 2.05) is 18.2 Å². The molecule has 0 bridgehead atoms. The second kappa shape index (κ2) is 14.8. The van der Waals surface area contributed by atoms with Gasteiger partial charge < -0.3 is 25.4 Å². The summed E-state index contributed by atoms with van der Waals surface area (Å²) in [6, 6.07) is 2.29. The van der Waals surface area contributed by atoms with Crippen LogP contribution in [0, 0.1) is 11.2 Å². The Kier molecular flexibility index (Phi) is 11.1. The van der Waals surface area contributed by atoms with Crippen molar-refractivity contribution < 1.29 is 31.4 Å². The number of ether oxygens (including phenoxy) is 2. The van der Waals surface area contributed by atoms with Crippen molar-refractivity contribution in [2.75, 3.05) is 63.8 Å². The number of halogens is 6. The molecule has 16 heteroatoms. The highest BCUT2D eigenvalue weighted by Crippen LogP contribution is 2.43. The molecule has 0 saturated carbocycles. The molecule has 1 aromatic carbocycles. The van der Waals surface area contributed by atoms with Gasteiger partial charge in [-0.15, -0.1) is 0 Å². The molecule has 0 amide bonds.